The molecule has 2 fully saturated rings. The van der Waals surface area contributed by atoms with Crippen molar-refractivity contribution in [2.45, 2.75) is 39.3 Å². The Balaban J connectivity index is 1.42. The topological polar surface area (TPSA) is 113 Å². The monoisotopic (exact) mass is 595 g/mol. The molecule has 0 N–H and O–H groups in total. The lowest BCUT2D eigenvalue weighted by Gasteiger charge is -2.40. The summed E-state index contributed by atoms with van der Waals surface area (Å²) in [5.41, 5.74) is 3.92. The largest absolute Gasteiger partial charge is 0.449 e. The number of carbonyl (C=O) groups excluding carboxylic acids is 1. The molecule has 0 bridgehead atoms. The van der Waals surface area contributed by atoms with E-state index in [4.69, 9.17) is 9.72 Å². The lowest BCUT2D eigenvalue weighted by molar-refractivity contribution is 0.0988. The zero-order chi connectivity index (χ0) is 29.7. The van der Waals surface area contributed by atoms with Crippen LogP contribution in [0.1, 0.15) is 42.0 Å². The molecule has 11 nitrogen and oxygen atoms in total. The van der Waals surface area contributed by atoms with Gasteiger partial charge < -0.3 is 19.4 Å². The van der Waals surface area contributed by atoms with Gasteiger partial charge in [0.05, 0.1) is 18.4 Å². The van der Waals surface area contributed by atoms with Crippen LogP contribution in [-0.2, 0) is 34.3 Å². The highest BCUT2D eigenvalue weighted by Gasteiger charge is 2.33. The molecule has 4 heterocycles. The minimum atomic E-state index is -3.28. The van der Waals surface area contributed by atoms with Crippen LogP contribution < -0.4 is 9.80 Å². The zero-order valence-corrected chi connectivity index (χ0v) is 25.5. The Labute approximate surface area is 249 Å². The molecule has 2 aromatic rings. The van der Waals surface area contributed by atoms with Crippen LogP contribution in [0, 0.1) is 11.3 Å². The molecule has 0 atom stereocenters. The molecule has 0 spiro atoms. The minimum Gasteiger partial charge on any atom is -0.449 e. The minimum absolute atomic E-state index is 0.265. The SMILES string of the molecule is CCCCOC(=O)N1CCN(c2nc(N3CCN(S(C)(=O)=O)CC3)c(C#N)c3c2CCN(Cc2ccccc2)C3)CC1. The first-order chi connectivity index (χ1) is 20.3. The van der Waals surface area contributed by atoms with Crippen LogP contribution in [0.4, 0.5) is 16.4 Å². The van der Waals surface area contributed by atoms with E-state index in [9.17, 15) is 18.5 Å². The van der Waals surface area contributed by atoms with Crippen molar-refractivity contribution in [1.29, 1.82) is 5.26 Å². The van der Waals surface area contributed by atoms with E-state index in [1.54, 1.807) is 4.90 Å². The normalized spacial score (nSPS) is 18.5. The summed E-state index contributed by atoms with van der Waals surface area (Å²) in [6, 6.07) is 12.8. The van der Waals surface area contributed by atoms with Gasteiger partial charge in [-0.3, -0.25) is 4.90 Å². The molecular weight excluding hydrogens is 554 g/mol. The summed E-state index contributed by atoms with van der Waals surface area (Å²) < 4.78 is 31.2. The molecule has 2 saturated heterocycles. The Hall–Kier alpha value is -3.40. The third kappa shape index (κ3) is 6.80. The maximum Gasteiger partial charge on any atom is 0.409 e. The summed E-state index contributed by atoms with van der Waals surface area (Å²) in [5.74, 6) is 1.50. The number of sulfonamides is 1. The summed E-state index contributed by atoms with van der Waals surface area (Å²) in [5, 5.41) is 10.4. The van der Waals surface area contributed by atoms with Gasteiger partial charge in [0.1, 0.15) is 17.7 Å². The number of nitrogens with zero attached hydrogens (tertiary/aromatic N) is 7. The quantitative estimate of drug-likeness (QED) is 0.425. The van der Waals surface area contributed by atoms with Gasteiger partial charge in [-0.25, -0.2) is 18.2 Å². The maximum absolute atomic E-state index is 12.6. The average molecular weight is 596 g/mol. The van der Waals surface area contributed by atoms with Gasteiger partial charge >= 0.3 is 6.09 Å². The molecule has 0 aliphatic carbocycles. The number of hydrogen-bond acceptors (Lipinski definition) is 9. The first-order valence-corrected chi connectivity index (χ1v) is 16.7. The van der Waals surface area contributed by atoms with Crippen LogP contribution in [0.15, 0.2) is 30.3 Å². The molecule has 0 radical (unpaired) electrons. The highest BCUT2D eigenvalue weighted by atomic mass is 32.2. The number of pyridine rings is 1. The molecule has 3 aliphatic heterocycles. The van der Waals surface area contributed by atoms with E-state index in [1.165, 1.54) is 16.1 Å². The van der Waals surface area contributed by atoms with Crippen molar-refractivity contribution in [2.24, 2.45) is 0 Å². The molecule has 12 heteroatoms. The number of anilines is 2. The van der Waals surface area contributed by atoms with Crippen molar-refractivity contribution < 1.29 is 17.9 Å². The second-order valence-corrected chi connectivity index (χ2v) is 13.2. The summed E-state index contributed by atoms with van der Waals surface area (Å²) >= 11 is 0. The first kappa shape index (κ1) is 30.1. The van der Waals surface area contributed by atoms with Gasteiger partial charge in [0.2, 0.25) is 10.0 Å². The number of carbonyl (C=O) groups is 1. The third-order valence-corrected chi connectivity index (χ3v) is 9.66. The molecule has 3 aliphatic rings. The zero-order valence-electron chi connectivity index (χ0n) is 24.7. The van der Waals surface area contributed by atoms with Crippen molar-refractivity contribution in [1.82, 2.24) is 19.1 Å². The predicted molar refractivity (Wildman–Crippen MR) is 162 cm³/mol. The van der Waals surface area contributed by atoms with Crippen molar-refractivity contribution in [3.63, 3.8) is 0 Å². The van der Waals surface area contributed by atoms with E-state index in [-0.39, 0.29) is 6.09 Å². The molecule has 5 rings (SSSR count). The molecule has 1 aromatic heterocycles. The molecule has 1 amide bonds. The van der Waals surface area contributed by atoms with Gasteiger partial charge in [-0.1, -0.05) is 43.7 Å². The van der Waals surface area contributed by atoms with Crippen LogP contribution in [0.25, 0.3) is 0 Å². The van der Waals surface area contributed by atoms with E-state index < -0.39 is 10.0 Å². The number of rotatable bonds is 8. The van der Waals surface area contributed by atoms with Gasteiger partial charge in [-0.15, -0.1) is 0 Å². The van der Waals surface area contributed by atoms with Crippen LogP contribution in [0.5, 0.6) is 0 Å². The van der Waals surface area contributed by atoms with E-state index in [1.807, 2.05) is 18.2 Å². The number of benzene rings is 1. The smallest absolute Gasteiger partial charge is 0.409 e. The van der Waals surface area contributed by atoms with E-state index in [0.717, 1.165) is 49.3 Å². The number of unbranched alkanes of at least 4 members (excludes halogenated alkanes) is 1. The molecule has 226 valence electrons. The lowest BCUT2D eigenvalue weighted by atomic mass is 9.94. The predicted octanol–water partition coefficient (Wildman–Crippen LogP) is 2.65. The van der Waals surface area contributed by atoms with Gasteiger partial charge in [0.25, 0.3) is 0 Å². The van der Waals surface area contributed by atoms with Gasteiger partial charge in [-0.2, -0.15) is 9.57 Å². The fraction of sp³-hybridized carbons (Fsp3) is 0.567. The number of piperazine rings is 2. The lowest BCUT2D eigenvalue weighted by Crippen LogP contribution is -2.50. The molecule has 1 aromatic carbocycles. The number of fused-ring (bicyclic) bond motifs is 1. The second-order valence-electron chi connectivity index (χ2n) is 11.2. The number of amides is 1. The summed E-state index contributed by atoms with van der Waals surface area (Å²) in [6.07, 6.45) is 3.58. The Bertz CT molecular complexity index is 1400. The maximum atomic E-state index is 12.6. The molecule has 42 heavy (non-hydrogen) atoms. The highest BCUT2D eigenvalue weighted by molar-refractivity contribution is 7.88. The highest BCUT2D eigenvalue weighted by Crippen LogP contribution is 2.36. The van der Waals surface area contributed by atoms with E-state index in [2.05, 4.69) is 39.8 Å². The fourth-order valence-electron chi connectivity index (χ4n) is 5.97. The second kappa shape index (κ2) is 13.3. The fourth-order valence-corrected chi connectivity index (χ4v) is 6.79. The summed E-state index contributed by atoms with van der Waals surface area (Å²) in [4.78, 5) is 26.1. The number of ether oxygens (including phenoxy) is 1. The van der Waals surface area contributed by atoms with Gasteiger partial charge in [0.15, 0.2) is 0 Å². The van der Waals surface area contributed by atoms with Gasteiger partial charge in [0, 0.05) is 77.6 Å². The van der Waals surface area contributed by atoms with Crippen LogP contribution >= 0.6 is 0 Å². The van der Waals surface area contributed by atoms with Crippen LogP contribution in [0.2, 0.25) is 0 Å². The van der Waals surface area contributed by atoms with Crippen molar-refractivity contribution in [3.05, 3.63) is 52.6 Å². The molecule has 0 saturated carbocycles. The number of hydrogen-bond donors (Lipinski definition) is 0. The summed E-state index contributed by atoms with van der Waals surface area (Å²) in [6.45, 7) is 8.81. The van der Waals surface area contributed by atoms with E-state index >= 15 is 0 Å². The third-order valence-electron chi connectivity index (χ3n) is 8.36. The van der Waals surface area contributed by atoms with Crippen molar-refractivity contribution in [3.8, 4) is 6.07 Å². The molecule has 0 unspecified atom stereocenters. The Morgan fingerprint density at radius 1 is 0.952 bits per heavy atom. The Morgan fingerprint density at radius 3 is 2.26 bits per heavy atom. The van der Waals surface area contributed by atoms with Crippen LogP contribution in [0.3, 0.4) is 0 Å². The van der Waals surface area contributed by atoms with Crippen molar-refractivity contribution >= 4 is 27.8 Å². The standard InChI is InChI=1S/C30H41N7O4S/c1-3-4-20-41-30(38)36-14-12-34(13-15-36)28-25-10-11-33(22-24-8-6-5-7-9-24)23-27(25)26(21-31)29(32-28)35-16-18-37(19-17-35)42(2,39)40/h5-9H,3-4,10-20,22-23H2,1-2H3. The molecular formula is C30H41N7O4S. The van der Waals surface area contributed by atoms with Gasteiger partial charge in [-0.05, 0) is 24.0 Å². The Kier molecular flexibility index (Phi) is 9.50. The number of aromatic nitrogens is 1. The Morgan fingerprint density at radius 2 is 1.62 bits per heavy atom. The summed E-state index contributed by atoms with van der Waals surface area (Å²) in [7, 11) is -3.28. The van der Waals surface area contributed by atoms with Crippen molar-refractivity contribution in [2.75, 3.05) is 81.6 Å². The average Bonchev–Trinajstić information content (AvgIpc) is 3.00. The van der Waals surface area contributed by atoms with E-state index in [0.29, 0.717) is 76.9 Å². The first-order valence-electron chi connectivity index (χ1n) is 14.9. The number of nitriles is 1. The van der Waals surface area contributed by atoms with Crippen LogP contribution in [-0.4, -0.2) is 105 Å².